The number of fused-ring (bicyclic) bond motifs is 5. The van der Waals surface area contributed by atoms with Gasteiger partial charge in [0.15, 0.2) is 0 Å². The topological polar surface area (TPSA) is 43.6 Å². The maximum Gasteiger partial charge on any atom is 0.113 e. The first-order valence-corrected chi connectivity index (χ1v) is 26.7. The van der Waals surface area contributed by atoms with Crippen LogP contribution in [-0.4, -0.2) is 32.8 Å². The summed E-state index contributed by atoms with van der Waals surface area (Å²) in [7, 11) is 0. The average Bonchev–Trinajstić information content (AvgIpc) is 3.72. The number of aryl methyl sites for hydroxylation is 2. The Labute approximate surface area is 344 Å². The van der Waals surface area contributed by atoms with Crippen molar-refractivity contribution in [1.29, 1.82) is 0 Å². The standard InChI is InChI=1S/C29H24N3S.C19H20GeN.Ir/c1-18-12-17-22-21-8-7-9-23(26(21)33-28(22)30-18)27-31-24-10-5-6-11-25(24)32(27)20-15-13-19(14-16-20)29(2,3)4;1-14-11-19(21-13-18(14)20(2,3)4)17-10-9-15-7-5-6-8-16(15)12-17;/h5-8,10-17H,1-4H3;5-9,11-13H,1-4H3;/q2*-1;. The molecule has 9 aromatic rings. The zero-order valence-corrected chi connectivity index (χ0v) is 37.9. The molecule has 0 fully saturated rings. The molecule has 4 nitrogen and oxygen atoms in total. The van der Waals surface area contributed by atoms with Crippen LogP contribution in [0.2, 0.25) is 17.3 Å². The van der Waals surface area contributed by atoms with Crippen LogP contribution in [0.25, 0.3) is 70.4 Å². The van der Waals surface area contributed by atoms with Gasteiger partial charge in [-0.3, -0.25) is 4.98 Å². The van der Waals surface area contributed by atoms with E-state index in [-0.39, 0.29) is 25.5 Å². The molecule has 0 spiro atoms. The van der Waals surface area contributed by atoms with Crippen LogP contribution in [0.1, 0.15) is 37.6 Å². The van der Waals surface area contributed by atoms with Gasteiger partial charge in [-0.2, -0.15) is 11.3 Å². The number of rotatable bonds is 4. The Morgan fingerprint density at radius 1 is 0.745 bits per heavy atom. The third kappa shape index (κ3) is 7.71. The van der Waals surface area contributed by atoms with Crippen LogP contribution in [0.4, 0.5) is 0 Å². The van der Waals surface area contributed by atoms with Gasteiger partial charge in [0.1, 0.15) is 4.83 Å². The molecule has 0 unspecified atom stereocenters. The molecule has 0 amide bonds. The third-order valence-electron chi connectivity index (χ3n) is 10.1. The Morgan fingerprint density at radius 3 is 2.20 bits per heavy atom. The number of para-hydroxylation sites is 2. The molecule has 7 heteroatoms. The number of hydrogen-bond acceptors (Lipinski definition) is 4. The molecule has 0 saturated carbocycles. The van der Waals surface area contributed by atoms with E-state index in [1.807, 2.05) is 19.1 Å². The molecule has 277 valence electrons. The zero-order chi connectivity index (χ0) is 37.8. The van der Waals surface area contributed by atoms with E-state index in [2.05, 4.69) is 171 Å². The van der Waals surface area contributed by atoms with Crippen molar-refractivity contribution in [3.63, 3.8) is 0 Å². The first-order valence-electron chi connectivity index (χ1n) is 18.5. The van der Waals surface area contributed by atoms with Gasteiger partial charge in [0.2, 0.25) is 0 Å². The van der Waals surface area contributed by atoms with Gasteiger partial charge < -0.3 is 4.57 Å². The van der Waals surface area contributed by atoms with Crippen molar-refractivity contribution >= 4 is 71.1 Å². The fraction of sp³-hybridized carbons (Fsp3) is 0.188. The zero-order valence-electron chi connectivity index (χ0n) is 32.6. The quantitative estimate of drug-likeness (QED) is 0.130. The second-order valence-electron chi connectivity index (χ2n) is 16.2. The van der Waals surface area contributed by atoms with Gasteiger partial charge in [-0.1, -0.05) is 62.1 Å². The smallest absolute Gasteiger partial charge is 0.113 e. The summed E-state index contributed by atoms with van der Waals surface area (Å²) in [5.41, 5.74) is 10.1. The molecule has 0 bridgehead atoms. The van der Waals surface area contributed by atoms with E-state index < -0.39 is 13.3 Å². The minimum Gasteiger partial charge on any atom is -0.333 e. The van der Waals surface area contributed by atoms with E-state index in [0.717, 1.165) is 49.9 Å². The molecule has 5 aromatic carbocycles. The van der Waals surface area contributed by atoms with Gasteiger partial charge in [0.05, 0.1) is 16.9 Å². The predicted molar refractivity (Wildman–Crippen MR) is 233 cm³/mol. The number of imidazole rings is 1. The molecule has 4 aromatic heterocycles. The molecule has 55 heavy (non-hydrogen) atoms. The van der Waals surface area contributed by atoms with E-state index in [1.54, 1.807) is 11.3 Å². The molecular formula is C48H44GeIrN4S-2. The second kappa shape index (κ2) is 15.2. The largest absolute Gasteiger partial charge is 0.333 e. The van der Waals surface area contributed by atoms with Gasteiger partial charge in [0.25, 0.3) is 0 Å². The molecule has 0 aliphatic heterocycles. The normalized spacial score (nSPS) is 11.9. The van der Waals surface area contributed by atoms with Crippen molar-refractivity contribution in [2.75, 3.05) is 0 Å². The monoisotopic (exact) mass is 975 g/mol. The van der Waals surface area contributed by atoms with Crippen molar-refractivity contribution in [1.82, 2.24) is 19.5 Å². The first kappa shape index (κ1) is 38.8. The summed E-state index contributed by atoms with van der Waals surface area (Å²) >= 11 is -0.103. The number of nitrogens with zero attached hydrogens (tertiary/aromatic N) is 4. The summed E-state index contributed by atoms with van der Waals surface area (Å²) < 4.78 is 4.92. The Bertz CT molecular complexity index is 2820. The first-order chi connectivity index (χ1) is 25.8. The molecule has 4 heterocycles. The molecule has 0 saturated heterocycles. The minimum absolute atomic E-state index is 0. The SMILES string of the molecule is Cc1cc(-c2[c-]cc3ccccc3c2)nc[c]1[Ge]([CH3])([CH3])[CH3].Cc1ccc2c(n1)sc1c(-c3nc4ccccc4n3-c3ccc(C(C)(C)C)cc3)[c-]ccc12.[Ir]. The van der Waals surface area contributed by atoms with Gasteiger partial charge in [-0.15, -0.1) is 18.2 Å². The second-order valence-corrected chi connectivity index (χ2v) is 27.7. The Balaban J connectivity index is 0.000000183. The number of benzene rings is 5. The fourth-order valence-corrected chi connectivity index (χ4v) is 12.0. The van der Waals surface area contributed by atoms with E-state index in [1.165, 1.54) is 41.8 Å². The Kier molecular flexibility index (Phi) is 10.7. The van der Waals surface area contributed by atoms with Crippen LogP contribution >= 0.6 is 11.3 Å². The number of thiophene rings is 1. The number of aromatic nitrogens is 4. The predicted octanol–water partition coefficient (Wildman–Crippen LogP) is 12.4. The molecule has 9 rings (SSSR count). The van der Waals surface area contributed by atoms with Crippen molar-refractivity contribution in [3.8, 4) is 28.3 Å². The molecular weight excluding hydrogens is 929 g/mol. The summed E-state index contributed by atoms with van der Waals surface area (Å²) in [6, 6.07) is 47.3. The Hall–Kier alpha value is -4.46. The summed E-state index contributed by atoms with van der Waals surface area (Å²) in [6.07, 6.45) is 2.09. The van der Waals surface area contributed by atoms with Crippen molar-refractivity contribution < 1.29 is 20.1 Å². The molecule has 0 aliphatic carbocycles. The van der Waals surface area contributed by atoms with E-state index in [0.29, 0.717) is 0 Å². The van der Waals surface area contributed by atoms with Crippen LogP contribution < -0.4 is 4.40 Å². The van der Waals surface area contributed by atoms with E-state index in [9.17, 15) is 0 Å². The number of pyridine rings is 2. The van der Waals surface area contributed by atoms with E-state index in [4.69, 9.17) is 15.0 Å². The van der Waals surface area contributed by atoms with Crippen LogP contribution in [-0.2, 0) is 25.5 Å². The minimum atomic E-state index is -1.82. The van der Waals surface area contributed by atoms with Gasteiger partial charge in [-0.05, 0) is 58.3 Å². The summed E-state index contributed by atoms with van der Waals surface area (Å²) in [5, 5.41) is 4.86. The van der Waals surface area contributed by atoms with Crippen molar-refractivity contribution in [2.45, 2.75) is 57.3 Å². The summed E-state index contributed by atoms with van der Waals surface area (Å²) in [5.74, 6) is 8.14. The molecule has 0 atom stereocenters. The van der Waals surface area contributed by atoms with Crippen LogP contribution in [0.15, 0.2) is 121 Å². The summed E-state index contributed by atoms with van der Waals surface area (Å²) in [6.45, 7) is 11.0. The summed E-state index contributed by atoms with van der Waals surface area (Å²) in [4.78, 5) is 15.6. The van der Waals surface area contributed by atoms with Crippen molar-refractivity contribution in [2.24, 2.45) is 0 Å². The van der Waals surface area contributed by atoms with Crippen LogP contribution in [0.3, 0.4) is 0 Å². The van der Waals surface area contributed by atoms with Crippen LogP contribution in [0, 0.1) is 26.0 Å². The van der Waals surface area contributed by atoms with Gasteiger partial charge in [-0.25, -0.2) is 4.98 Å². The molecule has 1 radical (unpaired) electrons. The molecule has 0 N–H and O–H groups in total. The maximum absolute atomic E-state index is 5.09. The Morgan fingerprint density at radius 2 is 1.47 bits per heavy atom. The number of hydrogen-bond donors (Lipinski definition) is 0. The van der Waals surface area contributed by atoms with Crippen molar-refractivity contribution in [3.05, 3.63) is 150 Å². The third-order valence-corrected chi connectivity index (χ3v) is 15.7. The maximum atomic E-state index is 5.09. The fourth-order valence-electron chi connectivity index (χ4n) is 7.21. The van der Waals surface area contributed by atoms with Gasteiger partial charge >= 0.3 is 129 Å². The average molecular weight is 974 g/mol. The molecule has 0 aliphatic rings. The van der Waals surface area contributed by atoms with Gasteiger partial charge in [0, 0.05) is 31.5 Å². The van der Waals surface area contributed by atoms with Crippen LogP contribution in [0.5, 0.6) is 0 Å². The van der Waals surface area contributed by atoms with E-state index >= 15 is 0 Å².